The number of hydrogen-bond acceptors (Lipinski definition) is 3. The van der Waals surface area contributed by atoms with Gasteiger partial charge >= 0.3 is 0 Å². The lowest BCUT2D eigenvalue weighted by atomic mass is 10.1. The van der Waals surface area contributed by atoms with Gasteiger partial charge in [0.15, 0.2) is 0 Å². The summed E-state index contributed by atoms with van der Waals surface area (Å²) in [5, 5.41) is -0.609. The van der Waals surface area contributed by atoms with E-state index in [9.17, 15) is 14.4 Å². The van der Waals surface area contributed by atoms with E-state index in [0.717, 1.165) is 4.90 Å². The molecule has 2 amide bonds. The summed E-state index contributed by atoms with van der Waals surface area (Å²) in [5.41, 5.74) is 1.16. The van der Waals surface area contributed by atoms with Gasteiger partial charge in [-0.15, -0.1) is 0 Å². The number of hydrogen-bond donors (Lipinski definition) is 0. The summed E-state index contributed by atoms with van der Waals surface area (Å²) in [6.07, 6.45) is 0. The highest BCUT2D eigenvalue weighted by Crippen LogP contribution is 2.46. The summed E-state index contributed by atoms with van der Waals surface area (Å²) in [7, 11) is 0. The van der Waals surface area contributed by atoms with E-state index in [1.54, 1.807) is 0 Å². The number of halogens is 5. The van der Waals surface area contributed by atoms with Gasteiger partial charge < -0.3 is 0 Å². The fraction of sp³-hybridized carbons (Fsp3) is 0. The molecule has 0 radical (unpaired) electrons. The highest BCUT2D eigenvalue weighted by atomic mass is 79.9. The first-order valence-corrected chi connectivity index (χ1v) is 9.85. The zero-order chi connectivity index (χ0) is 17.8. The minimum atomic E-state index is -0.609. The Morgan fingerprint density at radius 3 is 1.58 bits per heavy atom. The Hall–Kier alpha value is -0.540. The van der Waals surface area contributed by atoms with Crippen LogP contribution in [0.15, 0.2) is 42.2 Å². The molecule has 1 aliphatic rings. The maximum Gasteiger partial charge on any atom is 0.267 e. The molecule has 0 aromatic heterocycles. The standard InChI is InChI=1S/C15H4Br4ClNO3/c16-9-7-8(10(17)12(19)11(9)18)15(24)21(14(7)23)6-3-1-5(2-4-6)13(20)22/h1-4H. The summed E-state index contributed by atoms with van der Waals surface area (Å²) in [6, 6.07) is 5.93. The molecule has 0 fully saturated rings. The minimum absolute atomic E-state index is 0.263. The number of amides is 2. The van der Waals surface area contributed by atoms with Crippen LogP contribution in [-0.4, -0.2) is 17.1 Å². The quantitative estimate of drug-likeness (QED) is 0.186. The number of rotatable bonds is 2. The van der Waals surface area contributed by atoms with Crippen molar-refractivity contribution in [3.8, 4) is 0 Å². The number of benzene rings is 2. The molecular formula is C15H4Br4ClNO3. The summed E-state index contributed by atoms with van der Waals surface area (Å²) in [4.78, 5) is 37.8. The van der Waals surface area contributed by atoms with Gasteiger partial charge in [0.05, 0.1) is 16.8 Å². The van der Waals surface area contributed by atoms with Gasteiger partial charge in [-0.1, -0.05) is 0 Å². The molecular weight excluding hydrogens is 597 g/mol. The fourth-order valence-corrected chi connectivity index (χ4v) is 4.91. The van der Waals surface area contributed by atoms with Crippen LogP contribution in [0.4, 0.5) is 5.69 Å². The predicted molar refractivity (Wildman–Crippen MR) is 105 cm³/mol. The molecule has 0 saturated carbocycles. The zero-order valence-corrected chi connectivity index (χ0v) is 18.5. The van der Waals surface area contributed by atoms with Crippen molar-refractivity contribution in [2.75, 3.05) is 4.90 Å². The van der Waals surface area contributed by atoms with E-state index in [4.69, 9.17) is 11.6 Å². The van der Waals surface area contributed by atoms with E-state index in [2.05, 4.69) is 63.7 Å². The highest BCUT2D eigenvalue weighted by Gasteiger charge is 2.41. The van der Waals surface area contributed by atoms with Gasteiger partial charge in [-0.2, -0.15) is 0 Å². The second-order valence-corrected chi connectivity index (χ2v) is 8.29. The minimum Gasteiger partial charge on any atom is -0.276 e. The highest BCUT2D eigenvalue weighted by molar-refractivity contribution is 9.15. The van der Waals surface area contributed by atoms with Gasteiger partial charge in [0.25, 0.3) is 17.1 Å². The van der Waals surface area contributed by atoms with Crippen molar-refractivity contribution in [3.63, 3.8) is 0 Å². The van der Waals surface area contributed by atoms with E-state index in [-0.39, 0.29) is 16.7 Å². The lowest BCUT2D eigenvalue weighted by Crippen LogP contribution is -2.29. The van der Waals surface area contributed by atoms with Crippen LogP contribution in [0.1, 0.15) is 31.1 Å². The van der Waals surface area contributed by atoms with Crippen LogP contribution in [0, 0.1) is 0 Å². The van der Waals surface area contributed by atoms with Crippen molar-refractivity contribution in [2.45, 2.75) is 0 Å². The first-order valence-electron chi connectivity index (χ1n) is 6.30. The van der Waals surface area contributed by atoms with Gasteiger partial charge in [-0.3, -0.25) is 14.4 Å². The first kappa shape index (κ1) is 18.3. The number of nitrogens with zero attached hydrogens (tertiary/aromatic N) is 1. The van der Waals surface area contributed by atoms with Crippen LogP contribution in [0.25, 0.3) is 0 Å². The topological polar surface area (TPSA) is 54.5 Å². The molecule has 1 aliphatic heterocycles. The molecule has 1 heterocycles. The van der Waals surface area contributed by atoms with Crippen molar-refractivity contribution < 1.29 is 14.4 Å². The fourth-order valence-electron chi connectivity index (χ4n) is 2.33. The molecule has 2 aromatic rings. The molecule has 0 atom stereocenters. The molecule has 0 spiro atoms. The molecule has 0 saturated heterocycles. The lowest BCUT2D eigenvalue weighted by Gasteiger charge is -2.14. The van der Waals surface area contributed by atoms with Crippen molar-refractivity contribution in [1.82, 2.24) is 0 Å². The third-order valence-electron chi connectivity index (χ3n) is 3.45. The molecule has 0 unspecified atom stereocenters. The van der Waals surface area contributed by atoms with Crippen LogP contribution >= 0.6 is 75.3 Å². The van der Waals surface area contributed by atoms with Crippen molar-refractivity contribution in [1.29, 1.82) is 0 Å². The number of anilines is 1. The summed E-state index contributed by atoms with van der Waals surface area (Å²) >= 11 is 18.9. The SMILES string of the molecule is O=C(Cl)c1ccc(N2C(=O)c3c(Br)c(Br)c(Br)c(Br)c3C2=O)cc1. The number of carbonyl (C=O) groups excluding carboxylic acids is 3. The number of fused-ring (bicyclic) bond motifs is 1. The van der Waals surface area contributed by atoms with Crippen LogP contribution in [0.2, 0.25) is 0 Å². The molecule has 0 aliphatic carbocycles. The van der Waals surface area contributed by atoms with E-state index < -0.39 is 17.1 Å². The Balaban J connectivity index is 2.16. The summed E-state index contributed by atoms with van der Waals surface area (Å²) in [6.45, 7) is 0. The summed E-state index contributed by atoms with van der Waals surface area (Å²) in [5.74, 6) is -0.915. The molecule has 0 N–H and O–H groups in total. The van der Waals surface area contributed by atoms with Crippen molar-refractivity contribution in [2.24, 2.45) is 0 Å². The van der Waals surface area contributed by atoms with Crippen molar-refractivity contribution >= 4 is 98.1 Å². The summed E-state index contributed by atoms with van der Waals surface area (Å²) < 4.78 is 2.22. The molecule has 2 aromatic carbocycles. The molecule has 4 nitrogen and oxygen atoms in total. The number of carbonyl (C=O) groups is 3. The third-order valence-corrected chi connectivity index (χ3v) is 8.44. The van der Waals surface area contributed by atoms with E-state index in [1.165, 1.54) is 24.3 Å². The van der Waals surface area contributed by atoms with Crippen LogP contribution in [0.5, 0.6) is 0 Å². The molecule has 9 heteroatoms. The van der Waals surface area contributed by atoms with Gasteiger partial charge in [0.1, 0.15) is 0 Å². The zero-order valence-electron chi connectivity index (χ0n) is 11.4. The Kier molecular flexibility index (Phi) is 5.05. The van der Waals surface area contributed by atoms with E-state index in [0.29, 0.717) is 23.6 Å². The second-order valence-electron chi connectivity index (χ2n) is 4.77. The molecule has 24 heavy (non-hydrogen) atoms. The first-order chi connectivity index (χ1) is 11.3. The second kappa shape index (κ2) is 6.64. The van der Waals surface area contributed by atoms with Gasteiger partial charge in [0, 0.05) is 23.5 Å². The maximum atomic E-state index is 12.8. The monoisotopic (exact) mass is 597 g/mol. The average molecular weight is 601 g/mol. The molecule has 0 bridgehead atoms. The van der Waals surface area contributed by atoms with Crippen LogP contribution < -0.4 is 4.90 Å². The normalized spacial score (nSPS) is 13.5. The third kappa shape index (κ3) is 2.72. The molecule has 3 rings (SSSR count). The maximum absolute atomic E-state index is 12.8. The van der Waals surface area contributed by atoms with E-state index in [1.807, 2.05) is 0 Å². The lowest BCUT2D eigenvalue weighted by molar-refractivity contribution is 0.0925. The smallest absolute Gasteiger partial charge is 0.267 e. The van der Waals surface area contributed by atoms with Crippen LogP contribution in [-0.2, 0) is 0 Å². The largest absolute Gasteiger partial charge is 0.276 e. The van der Waals surface area contributed by atoms with E-state index >= 15 is 0 Å². The van der Waals surface area contributed by atoms with Crippen LogP contribution in [0.3, 0.4) is 0 Å². The average Bonchev–Trinajstić information content (AvgIpc) is 2.82. The van der Waals surface area contributed by atoms with Gasteiger partial charge in [0.2, 0.25) is 0 Å². The Labute approximate surface area is 175 Å². The van der Waals surface area contributed by atoms with Gasteiger partial charge in [-0.25, -0.2) is 4.90 Å². The Morgan fingerprint density at radius 2 is 1.21 bits per heavy atom. The van der Waals surface area contributed by atoms with Gasteiger partial charge in [-0.05, 0) is 99.6 Å². The predicted octanol–water partition coefficient (Wildman–Crippen LogP) is 5.92. The number of imide groups is 1. The Morgan fingerprint density at radius 1 is 0.792 bits per heavy atom. The Bertz CT molecular complexity index is 881. The van der Waals surface area contributed by atoms with Crippen molar-refractivity contribution in [3.05, 3.63) is 58.8 Å². The molecule has 122 valence electrons.